The van der Waals surface area contributed by atoms with Crippen LogP contribution in [0.5, 0.6) is 0 Å². The van der Waals surface area contributed by atoms with Gasteiger partial charge in [-0.25, -0.2) is 0 Å². The zero-order chi connectivity index (χ0) is 14.7. The van der Waals surface area contributed by atoms with Crippen LogP contribution in [-0.4, -0.2) is 48.0 Å². The van der Waals surface area contributed by atoms with Gasteiger partial charge >= 0.3 is 0 Å². The molecule has 3 nitrogen and oxygen atoms in total. The minimum atomic E-state index is 0.780. The first-order valence-corrected chi connectivity index (χ1v) is 7.95. The van der Waals surface area contributed by atoms with Crippen LogP contribution in [0.25, 0.3) is 10.9 Å². The van der Waals surface area contributed by atoms with Crippen molar-refractivity contribution in [3.63, 3.8) is 0 Å². The van der Waals surface area contributed by atoms with Crippen LogP contribution in [0.4, 0.5) is 0 Å². The van der Waals surface area contributed by atoms with Crippen molar-refractivity contribution in [1.29, 1.82) is 0 Å². The maximum Gasteiger partial charge on any atom is 0.0702 e. The molecule has 0 aliphatic carbocycles. The third kappa shape index (κ3) is 3.60. The van der Waals surface area contributed by atoms with E-state index >= 15 is 0 Å². The van der Waals surface area contributed by atoms with Gasteiger partial charge in [0, 0.05) is 24.2 Å². The van der Waals surface area contributed by atoms with E-state index in [0.717, 1.165) is 24.6 Å². The third-order valence-electron chi connectivity index (χ3n) is 4.62. The number of hydrogen-bond donors (Lipinski definition) is 0. The largest absolute Gasteiger partial charge is 0.303 e. The summed E-state index contributed by atoms with van der Waals surface area (Å²) in [5.74, 6) is 0. The highest BCUT2D eigenvalue weighted by Crippen LogP contribution is 2.18. The van der Waals surface area contributed by atoms with Gasteiger partial charge in [-0.1, -0.05) is 18.2 Å². The number of benzene rings is 1. The first kappa shape index (κ1) is 14.5. The van der Waals surface area contributed by atoms with E-state index in [9.17, 15) is 0 Å². The number of para-hydroxylation sites is 1. The second kappa shape index (κ2) is 6.54. The van der Waals surface area contributed by atoms with Gasteiger partial charge in [0.05, 0.1) is 5.52 Å². The third-order valence-corrected chi connectivity index (χ3v) is 4.62. The van der Waals surface area contributed by atoms with Crippen molar-refractivity contribution in [2.75, 3.05) is 27.2 Å². The first-order valence-electron chi connectivity index (χ1n) is 7.95. The summed E-state index contributed by atoms with van der Waals surface area (Å²) in [4.78, 5) is 9.47. The maximum atomic E-state index is 4.55. The number of hydrogen-bond acceptors (Lipinski definition) is 3. The Kier molecular flexibility index (Phi) is 4.51. The summed E-state index contributed by atoms with van der Waals surface area (Å²) in [6.07, 6.45) is 6.01. The molecule has 1 aromatic carbocycles. The fraction of sp³-hybridized carbons (Fsp3) is 0.500. The Morgan fingerprint density at radius 1 is 1.33 bits per heavy atom. The predicted octanol–water partition coefficient (Wildman–Crippen LogP) is 3.15. The van der Waals surface area contributed by atoms with E-state index in [4.69, 9.17) is 0 Å². The smallest absolute Gasteiger partial charge is 0.0702 e. The number of rotatable bonds is 5. The van der Waals surface area contributed by atoms with Gasteiger partial charge in [-0.3, -0.25) is 4.98 Å². The van der Waals surface area contributed by atoms with Crippen molar-refractivity contribution in [2.45, 2.75) is 31.8 Å². The Bertz CT molecular complexity index is 596. The molecule has 0 amide bonds. The number of nitrogens with zero attached hydrogens (tertiary/aromatic N) is 3. The molecule has 1 saturated heterocycles. The molecule has 1 aromatic heterocycles. The number of pyridine rings is 1. The fourth-order valence-corrected chi connectivity index (χ4v) is 3.31. The molecule has 1 aliphatic heterocycles. The van der Waals surface area contributed by atoms with Crippen molar-refractivity contribution in [2.24, 2.45) is 0 Å². The van der Waals surface area contributed by atoms with E-state index in [-0.39, 0.29) is 0 Å². The molecule has 2 heterocycles. The van der Waals surface area contributed by atoms with Gasteiger partial charge in [0.15, 0.2) is 0 Å². The Morgan fingerprint density at radius 3 is 3.00 bits per heavy atom. The van der Waals surface area contributed by atoms with Gasteiger partial charge in [0.1, 0.15) is 0 Å². The molecule has 0 unspecified atom stereocenters. The lowest BCUT2D eigenvalue weighted by atomic mass is 10.1. The Balaban J connectivity index is 1.56. The summed E-state index contributed by atoms with van der Waals surface area (Å²) in [6, 6.07) is 11.4. The van der Waals surface area contributed by atoms with Crippen molar-refractivity contribution in [3.05, 3.63) is 42.1 Å². The highest BCUT2D eigenvalue weighted by atomic mass is 15.2. The van der Waals surface area contributed by atoms with E-state index < -0.39 is 0 Å². The number of likely N-dealkylation sites (tertiary alicyclic amines) is 1. The summed E-state index contributed by atoms with van der Waals surface area (Å²) >= 11 is 0. The molecule has 21 heavy (non-hydrogen) atoms. The van der Waals surface area contributed by atoms with Crippen LogP contribution in [0.3, 0.4) is 0 Å². The highest BCUT2D eigenvalue weighted by Gasteiger charge is 2.20. The van der Waals surface area contributed by atoms with Crippen LogP contribution in [0.2, 0.25) is 0 Å². The van der Waals surface area contributed by atoms with E-state index in [1.54, 1.807) is 0 Å². The van der Waals surface area contributed by atoms with Crippen molar-refractivity contribution >= 4 is 10.9 Å². The normalized spacial score (nSPS) is 19.7. The first-order chi connectivity index (χ1) is 10.2. The second-order valence-electron chi connectivity index (χ2n) is 6.34. The molecular formula is C18H25N3. The van der Waals surface area contributed by atoms with Crippen LogP contribution in [0.1, 0.15) is 24.8 Å². The Hall–Kier alpha value is -1.45. The van der Waals surface area contributed by atoms with Crippen LogP contribution in [0.15, 0.2) is 36.5 Å². The van der Waals surface area contributed by atoms with Gasteiger partial charge in [-0.05, 0) is 64.1 Å². The average molecular weight is 283 g/mol. The number of aromatic nitrogens is 1. The molecule has 0 N–H and O–H groups in total. The summed E-state index contributed by atoms with van der Waals surface area (Å²) in [5, 5.41) is 1.24. The maximum absolute atomic E-state index is 4.55. The van der Waals surface area contributed by atoms with Gasteiger partial charge < -0.3 is 9.80 Å². The molecule has 0 radical (unpaired) electrons. The van der Waals surface area contributed by atoms with E-state index in [2.05, 4.69) is 53.1 Å². The van der Waals surface area contributed by atoms with Gasteiger partial charge in [0.25, 0.3) is 0 Å². The molecule has 2 aromatic rings. The molecule has 0 bridgehead atoms. The quantitative estimate of drug-likeness (QED) is 0.840. The summed E-state index contributed by atoms with van der Waals surface area (Å²) in [5.41, 5.74) is 2.38. The molecular weight excluding hydrogens is 258 g/mol. The fourth-order valence-electron chi connectivity index (χ4n) is 3.31. The predicted molar refractivity (Wildman–Crippen MR) is 88.3 cm³/mol. The minimum Gasteiger partial charge on any atom is -0.303 e. The zero-order valence-corrected chi connectivity index (χ0v) is 13.1. The van der Waals surface area contributed by atoms with Crippen molar-refractivity contribution in [1.82, 2.24) is 14.8 Å². The molecule has 112 valence electrons. The van der Waals surface area contributed by atoms with E-state index in [0.29, 0.717) is 0 Å². The average Bonchev–Trinajstić information content (AvgIpc) is 2.90. The van der Waals surface area contributed by atoms with E-state index in [1.807, 2.05) is 12.3 Å². The highest BCUT2D eigenvalue weighted by molar-refractivity contribution is 5.78. The van der Waals surface area contributed by atoms with Crippen molar-refractivity contribution in [3.8, 4) is 0 Å². The lowest BCUT2D eigenvalue weighted by Gasteiger charge is -2.23. The molecule has 3 rings (SSSR count). The number of fused-ring (bicyclic) bond motifs is 1. The minimum absolute atomic E-state index is 0.780. The van der Waals surface area contributed by atoms with Gasteiger partial charge in [-0.2, -0.15) is 0 Å². The molecule has 3 heteroatoms. The molecule has 1 atom stereocenters. The zero-order valence-electron chi connectivity index (χ0n) is 13.1. The van der Waals surface area contributed by atoms with Crippen molar-refractivity contribution < 1.29 is 0 Å². The Morgan fingerprint density at radius 2 is 2.19 bits per heavy atom. The lowest BCUT2D eigenvalue weighted by Crippen LogP contribution is -2.30. The van der Waals surface area contributed by atoms with Gasteiger partial charge in [0.2, 0.25) is 0 Å². The van der Waals surface area contributed by atoms with Gasteiger partial charge in [-0.15, -0.1) is 0 Å². The summed E-state index contributed by atoms with van der Waals surface area (Å²) in [6.45, 7) is 3.40. The molecule has 0 saturated carbocycles. The summed E-state index contributed by atoms with van der Waals surface area (Å²) in [7, 11) is 4.47. The molecule has 1 fully saturated rings. The van der Waals surface area contributed by atoms with E-state index in [1.165, 1.54) is 36.8 Å². The van der Waals surface area contributed by atoms with Crippen LogP contribution in [-0.2, 0) is 6.54 Å². The second-order valence-corrected chi connectivity index (χ2v) is 6.34. The van der Waals surface area contributed by atoms with Crippen LogP contribution in [0, 0.1) is 0 Å². The lowest BCUT2D eigenvalue weighted by molar-refractivity contribution is 0.245. The topological polar surface area (TPSA) is 19.4 Å². The summed E-state index contributed by atoms with van der Waals surface area (Å²) < 4.78 is 0. The molecule has 1 aliphatic rings. The van der Waals surface area contributed by atoms with Crippen LogP contribution < -0.4 is 0 Å². The Labute approximate surface area is 127 Å². The SMILES string of the molecule is CN(CC[C@H]1CCCN1C)Cc1cnc2ccccc2c1. The van der Waals surface area contributed by atoms with Crippen LogP contribution >= 0.6 is 0 Å². The monoisotopic (exact) mass is 283 g/mol. The molecule has 0 spiro atoms. The standard InChI is InChI=1S/C18H25N3/c1-20(11-9-17-7-5-10-21(17)2)14-15-12-16-6-3-4-8-18(16)19-13-15/h3-4,6,8,12-13,17H,5,7,9-11,14H2,1-2H3/t17-/m1/s1.